The lowest BCUT2D eigenvalue weighted by Crippen LogP contribution is -2.52. The molecule has 2 aliphatic rings. The number of halogens is 1. The fourth-order valence-electron chi connectivity index (χ4n) is 2.72. The summed E-state index contributed by atoms with van der Waals surface area (Å²) < 4.78 is 11.1. The Morgan fingerprint density at radius 3 is 2.91 bits per heavy atom. The van der Waals surface area contributed by atoms with Crippen LogP contribution in [0.15, 0.2) is 23.1 Å². The average Bonchev–Trinajstić information content (AvgIpc) is 2.55. The van der Waals surface area contributed by atoms with Crippen LogP contribution in [0.4, 0.5) is 0 Å². The fraction of sp³-hybridized carbons (Fsp3) is 0.562. The summed E-state index contributed by atoms with van der Waals surface area (Å²) in [6.45, 7) is 5.90. The molecule has 1 N–H and O–H groups in total. The van der Waals surface area contributed by atoms with E-state index >= 15 is 0 Å². The van der Waals surface area contributed by atoms with Crippen LogP contribution in [0.1, 0.15) is 13.3 Å². The lowest BCUT2D eigenvalue weighted by Gasteiger charge is -2.34. The van der Waals surface area contributed by atoms with Gasteiger partial charge in [-0.25, -0.2) is 0 Å². The number of fused-ring (bicyclic) bond motifs is 1. The Morgan fingerprint density at radius 2 is 2.13 bits per heavy atom. The molecule has 3 rings (SSSR count). The minimum atomic E-state index is 0. The number of amides is 1. The van der Waals surface area contributed by atoms with Crippen LogP contribution in [0.25, 0.3) is 0 Å². The van der Waals surface area contributed by atoms with E-state index in [1.807, 2.05) is 23.1 Å². The van der Waals surface area contributed by atoms with Crippen molar-refractivity contribution in [3.8, 4) is 11.5 Å². The Kier molecular flexibility index (Phi) is 6.87. The van der Waals surface area contributed by atoms with Crippen LogP contribution >= 0.6 is 24.2 Å². The van der Waals surface area contributed by atoms with E-state index in [4.69, 9.17) is 9.47 Å². The zero-order valence-electron chi connectivity index (χ0n) is 13.2. The van der Waals surface area contributed by atoms with Crippen molar-refractivity contribution in [2.24, 2.45) is 0 Å². The summed E-state index contributed by atoms with van der Waals surface area (Å²) in [5.41, 5.74) is 0. The maximum atomic E-state index is 12.3. The highest BCUT2D eigenvalue weighted by Gasteiger charge is 2.22. The van der Waals surface area contributed by atoms with Gasteiger partial charge >= 0.3 is 0 Å². The van der Waals surface area contributed by atoms with Gasteiger partial charge in [-0.2, -0.15) is 0 Å². The summed E-state index contributed by atoms with van der Waals surface area (Å²) in [4.78, 5) is 15.4. The summed E-state index contributed by atoms with van der Waals surface area (Å²) in [5.74, 6) is 2.65. The second kappa shape index (κ2) is 8.66. The molecular weight excluding hydrogens is 336 g/mol. The Hall–Kier alpha value is -1.11. The average molecular weight is 359 g/mol. The number of benzene rings is 1. The normalized spacial score (nSPS) is 19.9. The van der Waals surface area contributed by atoms with E-state index in [9.17, 15) is 4.79 Å². The number of nitrogens with zero attached hydrogens (tertiary/aromatic N) is 1. The van der Waals surface area contributed by atoms with E-state index in [-0.39, 0.29) is 18.3 Å². The standard InChI is InChI=1S/C16H22N2O3S.ClH/c1-12-11-17-5-6-18(12)16(19)4-9-22-13-2-3-14-15(10-13)21-8-7-20-14;/h2-3,10,12,17H,4-9,11H2,1H3;1H/t12-;/m1./s1. The molecule has 7 heteroatoms. The smallest absolute Gasteiger partial charge is 0.223 e. The predicted molar refractivity (Wildman–Crippen MR) is 94.1 cm³/mol. The highest BCUT2D eigenvalue weighted by atomic mass is 35.5. The highest BCUT2D eigenvalue weighted by Crippen LogP contribution is 2.34. The third kappa shape index (κ3) is 4.68. The summed E-state index contributed by atoms with van der Waals surface area (Å²) in [6.07, 6.45) is 0.573. The first-order valence-corrected chi connectivity index (χ1v) is 8.75. The summed E-state index contributed by atoms with van der Waals surface area (Å²) >= 11 is 1.69. The van der Waals surface area contributed by atoms with Gasteiger partial charge in [0.1, 0.15) is 13.2 Å². The third-order valence-corrected chi connectivity index (χ3v) is 4.92. The number of ether oxygens (including phenoxy) is 2. The van der Waals surface area contributed by atoms with Crippen LogP contribution in [-0.4, -0.2) is 55.4 Å². The van der Waals surface area contributed by atoms with Crippen LogP contribution in [0.2, 0.25) is 0 Å². The highest BCUT2D eigenvalue weighted by molar-refractivity contribution is 7.99. The number of carbonyl (C=O) groups is 1. The first-order valence-electron chi connectivity index (χ1n) is 7.76. The molecule has 0 radical (unpaired) electrons. The molecule has 0 spiro atoms. The number of piperazine rings is 1. The van der Waals surface area contributed by atoms with E-state index in [1.165, 1.54) is 0 Å². The van der Waals surface area contributed by atoms with Crippen LogP contribution in [0.3, 0.4) is 0 Å². The SMILES string of the molecule is C[C@@H]1CNCCN1C(=O)CCSc1ccc2c(c1)OCCO2.Cl. The lowest BCUT2D eigenvalue weighted by atomic mass is 10.2. The summed E-state index contributed by atoms with van der Waals surface area (Å²) in [5, 5.41) is 3.31. The van der Waals surface area contributed by atoms with Crippen molar-refractivity contribution >= 4 is 30.1 Å². The number of carbonyl (C=O) groups excluding carboxylic acids is 1. The third-order valence-electron chi connectivity index (χ3n) is 3.92. The zero-order chi connectivity index (χ0) is 15.4. The van der Waals surface area contributed by atoms with Crippen LogP contribution < -0.4 is 14.8 Å². The molecular formula is C16H23ClN2O3S. The first-order chi connectivity index (χ1) is 10.7. The minimum Gasteiger partial charge on any atom is -0.486 e. The number of rotatable bonds is 4. The van der Waals surface area contributed by atoms with Gasteiger partial charge in [-0.15, -0.1) is 24.2 Å². The molecule has 0 bridgehead atoms. The summed E-state index contributed by atoms with van der Waals surface area (Å²) in [6, 6.07) is 6.25. The Balaban J connectivity index is 0.00000192. The van der Waals surface area contributed by atoms with Crippen molar-refractivity contribution in [1.82, 2.24) is 10.2 Å². The molecule has 0 aliphatic carbocycles. The molecule has 0 aromatic heterocycles. The Labute approximate surface area is 147 Å². The fourth-order valence-corrected chi connectivity index (χ4v) is 3.59. The first kappa shape index (κ1) is 18.2. The van der Waals surface area contributed by atoms with Crippen LogP contribution in [-0.2, 0) is 4.79 Å². The van der Waals surface area contributed by atoms with Gasteiger partial charge in [0.2, 0.25) is 5.91 Å². The molecule has 1 fully saturated rings. The monoisotopic (exact) mass is 358 g/mol. The van der Waals surface area contributed by atoms with Crippen molar-refractivity contribution in [1.29, 1.82) is 0 Å². The van der Waals surface area contributed by atoms with Gasteiger partial charge in [0.25, 0.3) is 0 Å². The van der Waals surface area contributed by atoms with Gasteiger partial charge < -0.3 is 19.7 Å². The van der Waals surface area contributed by atoms with Crippen molar-refractivity contribution in [2.45, 2.75) is 24.3 Å². The number of hydrogen-bond donors (Lipinski definition) is 1. The van der Waals surface area contributed by atoms with Crippen molar-refractivity contribution in [3.63, 3.8) is 0 Å². The molecule has 1 aromatic carbocycles. The Morgan fingerprint density at radius 1 is 1.35 bits per heavy atom. The van der Waals surface area contributed by atoms with E-state index in [1.54, 1.807) is 11.8 Å². The second-order valence-electron chi connectivity index (χ2n) is 5.54. The van der Waals surface area contributed by atoms with Crippen LogP contribution in [0, 0.1) is 0 Å². The van der Waals surface area contributed by atoms with Crippen molar-refractivity contribution < 1.29 is 14.3 Å². The largest absolute Gasteiger partial charge is 0.486 e. The number of nitrogens with one attached hydrogen (secondary N) is 1. The van der Waals surface area contributed by atoms with Gasteiger partial charge in [0.05, 0.1) is 0 Å². The zero-order valence-corrected chi connectivity index (χ0v) is 14.9. The van der Waals surface area contributed by atoms with Gasteiger partial charge in [-0.05, 0) is 25.1 Å². The molecule has 0 unspecified atom stereocenters. The predicted octanol–water partition coefficient (Wildman–Crippen LogP) is 2.18. The molecule has 0 saturated carbocycles. The van der Waals surface area contributed by atoms with Crippen molar-refractivity contribution in [2.75, 3.05) is 38.6 Å². The second-order valence-corrected chi connectivity index (χ2v) is 6.71. The topological polar surface area (TPSA) is 50.8 Å². The number of hydrogen-bond acceptors (Lipinski definition) is 5. The van der Waals surface area contributed by atoms with Crippen molar-refractivity contribution in [3.05, 3.63) is 18.2 Å². The van der Waals surface area contributed by atoms with E-state index in [2.05, 4.69) is 12.2 Å². The van der Waals surface area contributed by atoms with E-state index in [0.29, 0.717) is 25.7 Å². The maximum absolute atomic E-state index is 12.3. The van der Waals surface area contributed by atoms with Gasteiger partial charge in [-0.1, -0.05) is 0 Å². The molecule has 2 heterocycles. The quantitative estimate of drug-likeness (QED) is 0.836. The van der Waals surface area contributed by atoms with Gasteiger partial charge in [0, 0.05) is 42.7 Å². The van der Waals surface area contributed by atoms with Gasteiger partial charge in [-0.3, -0.25) is 4.79 Å². The molecule has 128 valence electrons. The Bertz CT molecular complexity index is 544. The molecule has 23 heavy (non-hydrogen) atoms. The molecule has 1 amide bonds. The van der Waals surface area contributed by atoms with Gasteiger partial charge in [0.15, 0.2) is 11.5 Å². The lowest BCUT2D eigenvalue weighted by molar-refractivity contribution is -0.133. The van der Waals surface area contributed by atoms with Crippen LogP contribution in [0.5, 0.6) is 11.5 Å². The van der Waals surface area contributed by atoms with E-state index in [0.717, 1.165) is 41.8 Å². The molecule has 1 aromatic rings. The summed E-state index contributed by atoms with van der Waals surface area (Å²) in [7, 11) is 0. The molecule has 5 nitrogen and oxygen atoms in total. The maximum Gasteiger partial charge on any atom is 0.223 e. The molecule has 1 atom stereocenters. The van der Waals surface area contributed by atoms with E-state index < -0.39 is 0 Å². The molecule has 1 saturated heterocycles. The number of thioether (sulfide) groups is 1. The minimum absolute atomic E-state index is 0. The molecule has 2 aliphatic heterocycles.